The van der Waals surface area contributed by atoms with Crippen molar-refractivity contribution in [2.24, 2.45) is 0 Å². The number of halogens is 3. The summed E-state index contributed by atoms with van der Waals surface area (Å²) in [5.74, 6) is -0.0842. The lowest BCUT2D eigenvalue weighted by Crippen LogP contribution is -2.49. The van der Waals surface area contributed by atoms with Crippen LogP contribution in [0.4, 0.5) is 0 Å². The number of nitrogens with zero attached hydrogens (tertiary/aromatic N) is 1. The standard InChI is InChI=1S/C20H21Cl3N2O3/c1-3-18(20(27)24-2)25(11-13-4-5-15(22)10-17(13)23)19(26)12-28-16-8-6-14(21)7-9-16/h4-10,18H,3,11-12H2,1-2H3,(H,24,27)/t18-/m1/s1. The average molecular weight is 444 g/mol. The van der Waals surface area contributed by atoms with Gasteiger partial charge in [-0.1, -0.05) is 47.8 Å². The molecule has 0 bridgehead atoms. The Balaban J connectivity index is 2.21. The van der Waals surface area contributed by atoms with Gasteiger partial charge in [0.2, 0.25) is 5.91 Å². The normalized spacial score (nSPS) is 11.6. The minimum atomic E-state index is -0.655. The quantitative estimate of drug-likeness (QED) is 0.650. The van der Waals surface area contributed by atoms with E-state index in [4.69, 9.17) is 39.5 Å². The molecule has 2 amide bonds. The largest absolute Gasteiger partial charge is 0.484 e. The molecule has 2 aromatic rings. The Morgan fingerprint density at radius 3 is 2.29 bits per heavy atom. The van der Waals surface area contributed by atoms with Gasteiger partial charge in [-0.05, 0) is 48.4 Å². The van der Waals surface area contributed by atoms with Gasteiger partial charge in [-0.15, -0.1) is 0 Å². The lowest BCUT2D eigenvalue weighted by Gasteiger charge is -2.30. The third-order valence-corrected chi connectivity index (χ3v) is 5.00. The first kappa shape index (κ1) is 22.3. The molecule has 0 fully saturated rings. The van der Waals surface area contributed by atoms with Crippen LogP contribution in [0, 0.1) is 0 Å². The smallest absolute Gasteiger partial charge is 0.261 e. The van der Waals surface area contributed by atoms with Crippen LogP contribution in [0.1, 0.15) is 18.9 Å². The van der Waals surface area contributed by atoms with Crippen LogP contribution in [0.3, 0.4) is 0 Å². The molecule has 0 aromatic heterocycles. The highest BCUT2D eigenvalue weighted by Gasteiger charge is 2.28. The van der Waals surface area contributed by atoms with E-state index in [1.54, 1.807) is 42.5 Å². The number of nitrogens with one attached hydrogen (secondary N) is 1. The van der Waals surface area contributed by atoms with Gasteiger partial charge in [0.1, 0.15) is 11.8 Å². The number of carbonyl (C=O) groups is 2. The van der Waals surface area contributed by atoms with Crippen molar-refractivity contribution in [1.82, 2.24) is 10.2 Å². The monoisotopic (exact) mass is 442 g/mol. The van der Waals surface area contributed by atoms with Crippen LogP contribution in [0.25, 0.3) is 0 Å². The predicted octanol–water partition coefficient (Wildman–Crippen LogP) is 4.58. The molecule has 8 heteroatoms. The summed E-state index contributed by atoms with van der Waals surface area (Å²) in [6.07, 6.45) is 0.442. The highest BCUT2D eigenvalue weighted by atomic mass is 35.5. The Labute approximate surface area is 179 Å². The summed E-state index contributed by atoms with van der Waals surface area (Å²) < 4.78 is 5.56. The molecule has 0 aliphatic heterocycles. The van der Waals surface area contributed by atoms with Crippen molar-refractivity contribution in [2.45, 2.75) is 25.9 Å². The molecule has 0 heterocycles. The zero-order valence-corrected chi connectivity index (χ0v) is 17.8. The van der Waals surface area contributed by atoms with Crippen LogP contribution >= 0.6 is 34.8 Å². The van der Waals surface area contributed by atoms with Crippen LogP contribution in [0.15, 0.2) is 42.5 Å². The van der Waals surface area contributed by atoms with E-state index in [0.717, 1.165) is 0 Å². The maximum Gasteiger partial charge on any atom is 0.261 e. The summed E-state index contributed by atoms with van der Waals surface area (Å²) in [6, 6.07) is 11.1. The molecule has 28 heavy (non-hydrogen) atoms. The minimum Gasteiger partial charge on any atom is -0.484 e. The molecule has 2 rings (SSSR count). The molecule has 0 spiro atoms. The molecule has 1 atom stereocenters. The maximum atomic E-state index is 12.9. The molecule has 0 aliphatic carbocycles. The highest BCUT2D eigenvalue weighted by Crippen LogP contribution is 2.24. The summed E-state index contributed by atoms with van der Waals surface area (Å²) in [7, 11) is 1.53. The number of hydrogen-bond acceptors (Lipinski definition) is 3. The second-order valence-electron chi connectivity index (χ2n) is 6.04. The van der Waals surface area contributed by atoms with Crippen LogP contribution in [0.2, 0.25) is 15.1 Å². The van der Waals surface area contributed by atoms with Gasteiger partial charge in [0.05, 0.1) is 0 Å². The van der Waals surface area contributed by atoms with Gasteiger partial charge in [-0.25, -0.2) is 0 Å². The Bertz CT molecular complexity index is 828. The Morgan fingerprint density at radius 2 is 1.71 bits per heavy atom. The van der Waals surface area contributed by atoms with Gasteiger partial charge in [0.25, 0.3) is 5.91 Å². The van der Waals surface area contributed by atoms with Crippen molar-refractivity contribution >= 4 is 46.6 Å². The number of amides is 2. The molecule has 0 saturated heterocycles. The second-order valence-corrected chi connectivity index (χ2v) is 7.32. The van der Waals surface area contributed by atoms with E-state index in [2.05, 4.69) is 5.32 Å². The number of hydrogen-bond donors (Lipinski definition) is 1. The first-order chi connectivity index (χ1) is 13.3. The van der Waals surface area contributed by atoms with E-state index in [0.29, 0.717) is 32.8 Å². The Morgan fingerprint density at radius 1 is 1.07 bits per heavy atom. The van der Waals surface area contributed by atoms with Crippen LogP contribution in [0.5, 0.6) is 5.75 Å². The molecular weight excluding hydrogens is 423 g/mol. The molecule has 0 unspecified atom stereocenters. The highest BCUT2D eigenvalue weighted by molar-refractivity contribution is 6.35. The zero-order chi connectivity index (χ0) is 20.7. The number of benzene rings is 2. The second kappa shape index (κ2) is 10.6. The average Bonchev–Trinajstić information content (AvgIpc) is 2.68. The molecule has 5 nitrogen and oxygen atoms in total. The molecular formula is C20H21Cl3N2O3. The first-order valence-electron chi connectivity index (χ1n) is 8.69. The van der Waals surface area contributed by atoms with E-state index in [1.165, 1.54) is 11.9 Å². The van der Waals surface area contributed by atoms with Crippen molar-refractivity contribution < 1.29 is 14.3 Å². The summed E-state index contributed by atoms with van der Waals surface area (Å²) in [6.45, 7) is 1.77. The first-order valence-corrected chi connectivity index (χ1v) is 9.82. The lowest BCUT2D eigenvalue weighted by atomic mass is 10.1. The van der Waals surface area contributed by atoms with Gasteiger partial charge < -0.3 is 15.0 Å². The van der Waals surface area contributed by atoms with Crippen molar-refractivity contribution in [3.05, 3.63) is 63.1 Å². The van der Waals surface area contributed by atoms with Gasteiger partial charge >= 0.3 is 0 Å². The van der Waals surface area contributed by atoms with E-state index in [9.17, 15) is 9.59 Å². The Hall–Kier alpha value is -1.95. The third-order valence-electron chi connectivity index (χ3n) is 4.16. The number of likely N-dealkylation sites (N-methyl/N-ethyl adjacent to an activating group) is 1. The zero-order valence-electron chi connectivity index (χ0n) is 15.5. The fraction of sp³-hybridized carbons (Fsp3) is 0.300. The summed E-state index contributed by atoms with van der Waals surface area (Å²) >= 11 is 18.1. The minimum absolute atomic E-state index is 0.157. The molecule has 0 radical (unpaired) electrons. The van der Waals surface area contributed by atoms with Gasteiger partial charge in [0.15, 0.2) is 6.61 Å². The van der Waals surface area contributed by atoms with E-state index < -0.39 is 6.04 Å². The van der Waals surface area contributed by atoms with Crippen LogP contribution in [-0.4, -0.2) is 36.4 Å². The van der Waals surface area contributed by atoms with Crippen molar-refractivity contribution in [3.63, 3.8) is 0 Å². The van der Waals surface area contributed by atoms with Gasteiger partial charge in [-0.2, -0.15) is 0 Å². The fourth-order valence-electron chi connectivity index (χ4n) is 2.68. The topological polar surface area (TPSA) is 58.6 Å². The summed E-state index contributed by atoms with van der Waals surface area (Å²) in [5, 5.41) is 4.09. The van der Waals surface area contributed by atoms with Crippen LogP contribution in [-0.2, 0) is 16.1 Å². The van der Waals surface area contributed by atoms with Gasteiger partial charge in [-0.3, -0.25) is 9.59 Å². The number of rotatable bonds is 8. The molecule has 2 aromatic carbocycles. The lowest BCUT2D eigenvalue weighted by molar-refractivity contribution is -0.142. The molecule has 0 saturated carbocycles. The van der Waals surface area contributed by atoms with Crippen molar-refractivity contribution in [1.29, 1.82) is 0 Å². The predicted molar refractivity (Wildman–Crippen MR) is 112 cm³/mol. The summed E-state index contributed by atoms with van der Waals surface area (Å²) in [4.78, 5) is 26.7. The molecule has 150 valence electrons. The van der Waals surface area contributed by atoms with Crippen LogP contribution < -0.4 is 10.1 Å². The van der Waals surface area contributed by atoms with E-state index >= 15 is 0 Å². The number of carbonyl (C=O) groups excluding carboxylic acids is 2. The SMILES string of the molecule is CC[C@H](C(=O)NC)N(Cc1ccc(Cl)cc1Cl)C(=O)COc1ccc(Cl)cc1. The molecule has 0 aliphatic rings. The van der Waals surface area contributed by atoms with Crippen molar-refractivity contribution in [3.8, 4) is 5.75 Å². The number of ether oxygens (including phenoxy) is 1. The van der Waals surface area contributed by atoms with E-state index in [1.807, 2.05) is 6.92 Å². The van der Waals surface area contributed by atoms with Gasteiger partial charge in [0, 0.05) is 28.7 Å². The molecule has 1 N–H and O–H groups in total. The van der Waals surface area contributed by atoms with Crippen molar-refractivity contribution in [2.75, 3.05) is 13.7 Å². The Kier molecular flexibility index (Phi) is 8.42. The third kappa shape index (κ3) is 6.03. The summed E-state index contributed by atoms with van der Waals surface area (Å²) in [5.41, 5.74) is 0.688. The fourth-order valence-corrected chi connectivity index (χ4v) is 3.27. The van der Waals surface area contributed by atoms with E-state index in [-0.39, 0.29) is 25.0 Å². The maximum absolute atomic E-state index is 12.9.